The first-order valence-electron chi connectivity index (χ1n) is 14.9. The van der Waals surface area contributed by atoms with Crippen LogP contribution in [0.4, 0.5) is 4.39 Å². The van der Waals surface area contributed by atoms with Crippen molar-refractivity contribution in [2.24, 2.45) is 23.3 Å². The molecule has 4 N–H and O–H groups in total. The molecule has 0 spiro atoms. The monoisotopic (exact) mass is 577 g/mol. The smallest absolute Gasteiger partial charge is 0.255 e. The van der Waals surface area contributed by atoms with Gasteiger partial charge in [0.05, 0.1) is 28.0 Å². The summed E-state index contributed by atoms with van der Waals surface area (Å²) in [6, 6.07) is 14.4. The number of carbonyl (C=O) groups is 2. The predicted octanol–water partition coefficient (Wildman–Crippen LogP) is 4.54. The lowest BCUT2D eigenvalue weighted by atomic mass is 10.1. The molecule has 3 fully saturated rings. The van der Waals surface area contributed by atoms with Gasteiger partial charge in [0, 0.05) is 47.9 Å². The minimum Gasteiger partial charge on any atom is -0.366 e. The van der Waals surface area contributed by atoms with E-state index in [9.17, 15) is 14.0 Å². The number of likely N-dealkylation sites (tertiary alicyclic amines) is 1. The first-order valence-corrected chi connectivity index (χ1v) is 14.9. The topological polar surface area (TPSA) is 125 Å². The number of primary amides is 1. The van der Waals surface area contributed by atoms with E-state index < -0.39 is 11.7 Å². The van der Waals surface area contributed by atoms with Crippen LogP contribution < -0.4 is 11.5 Å². The van der Waals surface area contributed by atoms with Crippen molar-refractivity contribution in [1.29, 1.82) is 0 Å². The molecule has 0 radical (unpaired) electrons. The van der Waals surface area contributed by atoms with Crippen LogP contribution in [0, 0.1) is 24.6 Å². The molecule has 5 aromatic rings. The normalized spacial score (nSPS) is 21.4. The number of aryl methyl sites for hydroxylation is 1. The van der Waals surface area contributed by atoms with Crippen LogP contribution in [-0.4, -0.2) is 54.5 Å². The maximum Gasteiger partial charge on any atom is 0.255 e. The number of benzene rings is 1. The van der Waals surface area contributed by atoms with Crippen LogP contribution in [0.3, 0.4) is 0 Å². The Hall–Kier alpha value is -4.57. The molecule has 1 aliphatic heterocycles. The summed E-state index contributed by atoms with van der Waals surface area (Å²) in [5.74, 6) is -0.497. The minimum absolute atomic E-state index is 0.0131. The Labute approximate surface area is 247 Å². The highest BCUT2D eigenvalue weighted by Crippen LogP contribution is 2.39. The molecule has 2 bridgehead atoms. The molecule has 1 aromatic carbocycles. The number of nitrogens with two attached hydrogens (primary N) is 2. The number of hydrogen-bond acceptors (Lipinski definition) is 5. The summed E-state index contributed by atoms with van der Waals surface area (Å²) >= 11 is 0. The van der Waals surface area contributed by atoms with Crippen LogP contribution in [-0.2, 0) is 6.54 Å². The Balaban J connectivity index is 1.19. The molecule has 2 aliphatic carbocycles. The molecule has 3 aliphatic rings. The number of hydrogen-bond donors (Lipinski definition) is 2. The molecule has 218 valence electrons. The Morgan fingerprint density at radius 3 is 2.58 bits per heavy atom. The molecular weight excluding hydrogens is 545 g/mol. The number of carbonyl (C=O) groups excluding carboxylic acids is 2. The summed E-state index contributed by atoms with van der Waals surface area (Å²) in [7, 11) is 0. The number of amides is 2. The Morgan fingerprint density at radius 1 is 1.05 bits per heavy atom. The Morgan fingerprint density at radius 2 is 1.88 bits per heavy atom. The second-order valence-corrected chi connectivity index (χ2v) is 12.4. The van der Waals surface area contributed by atoms with Crippen molar-refractivity contribution < 1.29 is 14.0 Å². The van der Waals surface area contributed by atoms with Gasteiger partial charge in [0.2, 0.25) is 0 Å². The average Bonchev–Trinajstić information content (AvgIpc) is 3.41. The largest absolute Gasteiger partial charge is 0.366 e. The van der Waals surface area contributed by atoms with E-state index in [0.717, 1.165) is 72.3 Å². The van der Waals surface area contributed by atoms with Crippen LogP contribution in [0.2, 0.25) is 0 Å². The number of fused-ring (bicyclic) bond motifs is 4. The van der Waals surface area contributed by atoms with Gasteiger partial charge in [0.25, 0.3) is 11.8 Å². The first kappa shape index (κ1) is 26.1. The maximum absolute atomic E-state index is 14.6. The maximum atomic E-state index is 14.6. The average molecular weight is 578 g/mol. The van der Waals surface area contributed by atoms with E-state index in [2.05, 4.69) is 17.6 Å². The Bertz CT molecular complexity index is 1970. The van der Waals surface area contributed by atoms with E-state index in [4.69, 9.17) is 21.5 Å². The van der Waals surface area contributed by atoms with E-state index in [1.54, 1.807) is 6.07 Å². The number of nitrogens with zero attached hydrogens (tertiary/aromatic N) is 5. The molecule has 9 nitrogen and oxygen atoms in total. The SMILES string of the molecule is Cc1c(-c2cc3ccc(-c4ccc(C(N)=O)c(F)c4)nc3n2CC2CC2)nn2cc(C(=O)N3CC4CCC3[C@@H]4N)ccc12. The fourth-order valence-electron chi connectivity index (χ4n) is 7.09. The van der Waals surface area contributed by atoms with E-state index in [1.165, 1.54) is 12.1 Å². The zero-order valence-corrected chi connectivity index (χ0v) is 23.8. The summed E-state index contributed by atoms with van der Waals surface area (Å²) in [6.45, 7) is 3.59. The van der Waals surface area contributed by atoms with Crippen LogP contribution in [0.1, 0.15) is 52.0 Å². The summed E-state index contributed by atoms with van der Waals surface area (Å²) < 4.78 is 18.6. The van der Waals surface area contributed by atoms with Crippen molar-refractivity contribution >= 4 is 28.4 Å². The molecule has 4 aromatic heterocycles. The number of halogens is 1. The van der Waals surface area contributed by atoms with Crippen molar-refractivity contribution in [2.45, 2.75) is 51.2 Å². The third-order valence-corrected chi connectivity index (χ3v) is 9.69. The van der Waals surface area contributed by atoms with Crippen LogP contribution in [0.5, 0.6) is 0 Å². The standard InChI is InChI=1S/C33H32FN7O2/c1-17-26-10-7-22(33(43)40-15-21-6-11-27(40)29(21)35)16-41(26)38-30(17)28-13-20-5-9-25(37-32(20)39(28)14-18-2-3-18)19-4-8-23(31(36)42)24(34)12-19/h4-5,7-10,12-13,16,18,21,27,29H,2-3,6,11,14-15,35H2,1H3,(H2,36,42)/t21?,27?,29-/m1/s1. The van der Waals surface area contributed by atoms with Crippen molar-refractivity contribution in [3.05, 3.63) is 77.2 Å². The van der Waals surface area contributed by atoms with Crippen molar-refractivity contribution in [3.63, 3.8) is 0 Å². The van der Waals surface area contributed by atoms with Crippen LogP contribution in [0.15, 0.2) is 54.7 Å². The number of pyridine rings is 2. The van der Waals surface area contributed by atoms with Crippen molar-refractivity contribution in [1.82, 2.24) is 24.1 Å². The highest BCUT2D eigenvalue weighted by atomic mass is 19.1. The zero-order valence-electron chi connectivity index (χ0n) is 23.8. The van der Waals surface area contributed by atoms with E-state index >= 15 is 0 Å². The van der Waals surface area contributed by atoms with Gasteiger partial charge in [0.1, 0.15) is 17.2 Å². The van der Waals surface area contributed by atoms with E-state index in [-0.39, 0.29) is 23.6 Å². The zero-order chi connectivity index (χ0) is 29.6. The van der Waals surface area contributed by atoms with Gasteiger partial charge < -0.3 is 20.9 Å². The van der Waals surface area contributed by atoms with Crippen LogP contribution in [0.25, 0.3) is 39.2 Å². The van der Waals surface area contributed by atoms with Gasteiger partial charge in [-0.2, -0.15) is 5.10 Å². The molecule has 5 heterocycles. The van der Waals surface area contributed by atoms with Crippen LogP contribution >= 0.6 is 0 Å². The summed E-state index contributed by atoms with van der Waals surface area (Å²) in [5.41, 5.74) is 17.8. The third-order valence-electron chi connectivity index (χ3n) is 9.69. The van der Waals surface area contributed by atoms with Gasteiger partial charge in [0.15, 0.2) is 0 Å². The van der Waals surface area contributed by atoms with Gasteiger partial charge in [-0.05, 0) is 86.9 Å². The summed E-state index contributed by atoms with van der Waals surface area (Å²) in [6.07, 6.45) is 6.23. The number of aromatic nitrogens is 4. The quantitative estimate of drug-likeness (QED) is 0.307. The molecule has 10 heteroatoms. The molecule has 3 atom stereocenters. The lowest BCUT2D eigenvalue weighted by Crippen LogP contribution is -2.41. The molecular formula is C33H32FN7O2. The number of rotatable bonds is 6. The van der Waals surface area contributed by atoms with Gasteiger partial charge in [-0.1, -0.05) is 6.07 Å². The second-order valence-electron chi connectivity index (χ2n) is 12.4. The third kappa shape index (κ3) is 4.15. The fraction of sp³-hybridized carbons (Fsp3) is 0.333. The lowest BCUT2D eigenvalue weighted by molar-refractivity contribution is 0.0700. The van der Waals surface area contributed by atoms with Gasteiger partial charge >= 0.3 is 0 Å². The van der Waals surface area contributed by atoms with E-state index in [1.807, 2.05) is 39.9 Å². The number of piperidine rings is 1. The summed E-state index contributed by atoms with van der Waals surface area (Å²) in [4.78, 5) is 31.9. The molecule has 43 heavy (non-hydrogen) atoms. The van der Waals surface area contributed by atoms with Crippen molar-refractivity contribution in [2.75, 3.05) is 6.54 Å². The second kappa shape index (κ2) is 9.47. The van der Waals surface area contributed by atoms with Gasteiger partial charge in [-0.25, -0.2) is 13.9 Å². The summed E-state index contributed by atoms with van der Waals surface area (Å²) in [5, 5.41) is 5.96. The molecule has 2 unspecified atom stereocenters. The molecule has 2 saturated carbocycles. The Kier molecular flexibility index (Phi) is 5.74. The predicted molar refractivity (Wildman–Crippen MR) is 161 cm³/mol. The van der Waals surface area contributed by atoms with Gasteiger partial charge in [-0.3, -0.25) is 9.59 Å². The highest BCUT2D eigenvalue weighted by Gasteiger charge is 2.46. The highest BCUT2D eigenvalue weighted by molar-refractivity contribution is 5.95. The first-order chi connectivity index (χ1) is 20.8. The van der Waals surface area contributed by atoms with E-state index in [0.29, 0.717) is 28.7 Å². The molecule has 1 saturated heterocycles. The molecule has 8 rings (SSSR count). The minimum atomic E-state index is -0.804. The fourth-order valence-corrected chi connectivity index (χ4v) is 7.09. The van der Waals surface area contributed by atoms with Gasteiger partial charge in [-0.15, -0.1) is 0 Å². The van der Waals surface area contributed by atoms with Crippen molar-refractivity contribution in [3.8, 4) is 22.6 Å². The lowest BCUT2D eigenvalue weighted by Gasteiger charge is -2.27. The molecule has 2 amide bonds.